The predicted molar refractivity (Wildman–Crippen MR) is 123 cm³/mol. The van der Waals surface area contributed by atoms with Gasteiger partial charge < -0.3 is 15.2 Å². The molecule has 0 unspecified atom stereocenters. The minimum absolute atomic E-state index is 0.00922. The third kappa shape index (κ3) is 3.59. The molecule has 1 fully saturated rings. The lowest BCUT2D eigenvalue weighted by Gasteiger charge is -2.59. The van der Waals surface area contributed by atoms with Crippen molar-refractivity contribution in [1.29, 1.82) is 0 Å². The smallest absolute Gasteiger partial charge is 0.326 e. The normalized spacial score (nSPS) is 21.8. The third-order valence-corrected chi connectivity index (χ3v) is 6.48. The van der Waals surface area contributed by atoms with Crippen LogP contribution in [0.15, 0.2) is 72.9 Å². The number of ether oxygens (including phenoxy) is 1. The van der Waals surface area contributed by atoms with Gasteiger partial charge in [-0.25, -0.2) is 4.79 Å². The number of nitrogens with zero attached hydrogens (tertiary/aromatic N) is 3. The number of para-hydroxylation sites is 1. The van der Waals surface area contributed by atoms with Crippen LogP contribution in [0.3, 0.4) is 0 Å². The molecule has 2 amide bonds. The van der Waals surface area contributed by atoms with E-state index in [1.54, 1.807) is 18.2 Å². The molecule has 0 radical (unpaired) electrons. The van der Waals surface area contributed by atoms with Crippen molar-refractivity contribution in [2.75, 3.05) is 30.5 Å². The zero-order valence-corrected chi connectivity index (χ0v) is 17.9. The number of aliphatic hydroxyl groups is 1. The fourth-order valence-electron chi connectivity index (χ4n) is 4.94. The Bertz CT molecular complexity index is 1090. The molecule has 2 N–H and O–H groups in total. The SMILES string of the molecule is COc1ccc(NC(=O)N2C[C@H]3[C@@H](c4ccccc42)[C@@H](CO)N3Cc2ccccn2)cc1. The summed E-state index contributed by atoms with van der Waals surface area (Å²) in [6, 6.07) is 21.1. The van der Waals surface area contributed by atoms with E-state index in [1.165, 1.54) is 0 Å². The van der Waals surface area contributed by atoms with Gasteiger partial charge in [-0.15, -0.1) is 0 Å². The molecule has 2 aliphatic heterocycles. The van der Waals surface area contributed by atoms with Crippen molar-refractivity contribution in [2.45, 2.75) is 24.5 Å². The molecule has 0 spiro atoms. The summed E-state index contributed by atoms with van der Waals surface area (Å²) >= 11 is 0. The van der Waals surface area contributed by atoms with Crippen molar-refractivity contribution < 1.29 is 14.6 Å². The molecular formula is C25H26N4O3. The number of pyridine rings is 1. The monoisotopic (exact) mass is 430 g/mol. The molecule has 0 saturated carbocycles. The quantitative estimate of drug-likeness (QED) is 0.648. The molecule has 0 aliphatic carbocycles. The zero-order valence-electron chi connectivity index (χ0n) is 17.9. The number of carbonyl (C=O) groups is 1. The Morgan fingerprint density at radius 3 is 2.62 bits per heavy atom. The number of amides is 2. The third-order valence-electron chi connectivity index (χ3n) is 6.48. The van der Waals surface area contributed by atoms with E-state index in [-0.39, 0.29) is 30.6 Å². The molecule has 3 atom stereocenters. The van der Waals surface area contributed by atoms with Crippen molar-refractivity contribution in [3.8, 4) is 5.75 Å². The lowest BCUT2D eigenvalue weighted by molar-refractivity contribution is -0.0491. The standard InChI is InChI=1S/C25H26N4O3/c1-32-19-11-9-17(10-12-19)27-25(31)29-15-22-24(20-7-2-3-8-21(20)29)23(16-30)28(22)14-18-6-4-5-13-26-18/h2-13,22-24,30H,14-16H2,1H3,(H,27,31)/t22-,23+,24+/m0/s1. The first-order chi connectivity index (χ1) is 15.7. The van der Waals surface area contributed by atoms with Crippen LogP contribution in [0, 0.1) is 0 Å². The van der Waals surface area contributed by atoms with E-state index in [1.807, 2.05) is 60.7 Å². The van der Waals surface area contributed by atoms with Gasteiger partial charge in [-0.1, -0.05) is 24.3 Å². The van der Waals surface area contributed by atoms with Crippen molar-refractivity contribution in [3.05, 3.63) is 84.2 Å². The van der Waals surface area contributed by atoms with Gasteiger partial charge >= 0.3 is 6.03 Å². The number of aromatic nitrogens is 1. The minimum atomic E-state index is -0.175. The number of nitrogens with one attached hydrogen (secondary N) is 1. The first kappa shape index (κ1) is 20.5. The summed E-state index contributed by atoms with van der Waals surface area (Å²) in [5, 5.41) is 13.2. The molecule has 7 nitrogen and oxygen atoms in total. The maximum atomic E-state index is 13.3. The van der Waals surface area contributed by atoms with E-state index in [2.05, 4.69) is 21.3 Å². The first-order valence-electron chi connectivity index (χ1n) is 10.8. The molecule has 7 heteroatoms. The van der Waals surface area contributed by atoms with E-state index in [0.29, 0.717) is 18.8 Å². The van der Waals surface area contributed by atoms with Gasteiger partial charge in [0, 0.05) is 48.7 Å². The van der Waals surface area contributed by atoms with Crippen LogP contribution < -0.4 is 15.0 Å². The number of likely N-dealkylation sites (tertiary alicyclic amines) is 1. The van der Waals surface area contributed by atoms with Gasteiger partial charge in [-0.2, -0.15) is 0 Å². The van der Waals surface area contributed by atoms with Crippen LogP contribution in [0.2, 0.25) is 0 Å². The van der Waals surface area contributed by atoms with Gasteiger partial charge in [0.1, 0.15) is 5.75 Å². The summed E-state index contributed by atoms with van der Waals surface area (Å²) < 4.78 is 5.20. The maximum Gasteiger partial charge on any atom is 0.326 e. The zero-order chi connectivity index (χ0) is 22.1. The number of hydrogen-bond acceptors (Lipinski definition) is 5. The summed E-state index contributed by atoms with van der Waals surface area (Å²) in [6.45, 7) is 1.26. The van der Waals surface area contributed by atoms with E-state index >= 15 is 0 Å². The molecule has 3 aromatic rings. The lowest BCUT2D eigenvalue weighted by Crippen LogP contribution is -2.69. The highest BCUT2D eigenvalue weighted by atomic mass is 16.5. The van der Waals surface area contributed by atoms with Crippen LogP contribution in [-0.2, 0) is 6.54 Å². The number of rotatable bonds is 5. The van der Waals surface area contributed by atoms with Crippen molar-refractivity contribution >= 4 is 17.4 Å². The van der Waals surface area contributed by atoms with Crippen LogP contribution >= 0.6 is 0 Å². The molecule has 3 heterocycles. The summed E-state index contributed by atoms with van der Waals surface area (Å²) in [7, 11) is 1.61. The Kier molecular flexibility index (Phi) is 5.51. The molecule has 2 aliphatic rings. The van der Waals surface area contributed by atoms with E-state index in [0.717, 1.165) is 22.7 Å². The average molecular weight is 431 g/mol. The van der Waals surface area contributed by atoms with Gasteiger partial charge in [0.15, 0.2) is 0 Å². The van der Waals surface area contributed by atoms with E-state index in [4.69, 9.17) is 4.74 Å². The molecule has 1 saturated heterocycles. The highest BCUT2D eigenvalue weighted by molar-refractivity contribution is 6.03. The van der Waals surface area contributed by atoms with Crippen molar-refractivity contribution in [2.24, 2.45) is 0 Å². The van der Waals surface area contributed by atoms with Gasteiger partial charge in [0.05, 0.1) is 19.4 Å². The number of fused-ring (bicyclic) bond motifs is 3. The second-order valence-electron chi connectivity index (χ2n) is 8.16. The summed E-state index contributed by atoms with van der Waals surface area (Å²) in [6.07, 6.45) is 1.78. The highest BCUT2D eigenvalue weighted by Gasteiger charge is 2.53. The topological polar surface area (TPSA) is 77.9 Å². The minimum Gasteiger partial charge on any atom is -0.497 e. The molecule has 164 valence electrons. The number of anilines is 2. The Hall–Kier alpha value is -3.42. The molecule has 32 heavy (non-hydrogen) atoms. The predicted octanol–water partition coefficient (Wildman–Crippen LogP) is 3.47. The summed E-state index contributed by atoms with van der Waals surface area (Å²) in [5.74, 6) is 0.925. The lowest BCUT2D eigenvalue weighted by atomic mass is 9.72. The first-order valence-corrected chi connectivity index (χ1v) is 10.8. The Labute approximate surface area is 187 Å². The van der Waals surface area contributed by atoms with Crippen LogP contribution in [0.4, 0.5) is 16.2 Å². The average Bonchev–Trinajstić information content (AvgIpc) is 2.83. The van der Waals surface area contributed by atoms with Crippen LogP contribution in [0.25, 0.3) is 0 Å². The fourth-order valence-corrected chi connectivity index (χ4v) is 4.94. The van der Waals surface area contributed by atoms with E-state index < -0.39 is 0 Å². The molecule has 5 rings (SSSR count). The number of hydrogen-bond donors (Lipinski definition) is 2. The molecule has 0 bridgehead atoms. The van der Waals surface area contributed by atoms with Gasteiger partial charge in [-0.3, -0.25) is 14.8 Å². The fraction of sp³-hybridized carbons (Fsp3) is 0.280. The number of benzene rings is 2. The number of carbonyl (C=O) groups excluding carboxylic acids is 1. The molecule has 1 aromatic heterocycles. The second kappa shape index (κ2) is 8.61. The molecule has 2 aromatic carbocycles. The van der Waals surface area contributed by atoms with Crippen LogP contribution in [-0.4, -0.2) is 53.4 Å². The Morgan fingerprint density at radius 2 is 1.91 bits per heavy atom. The number of methoxy groups -OCH3 is 1. The number of aliphatic hydroxyl groups excluding tert-OH is 1. The number of urea groups is 1. The summed E-state index contributed by atoms with van der Waals surface area (Å²) in [5.41, 5.74) is 3.67. The summed E-state index contributed by atoms with van der Waals surface area (Å²) in [4.78, 5) is 21.8. The Balaban J connectivity index is 1.41. The molecular weight excluding hydrogens is 404 g/mol. The van der Waals surface area contributed by atoms with Crippen molar-refractivity contribution in [1.82, 2.24) is 9.88 Å². The maximum absolute atomic E-state index is 13.3. The van der Waals surface area contributed by atoms with Crippen LogP contribution in [0.5, 0.6) is 5.75 Å². The largest absolute Gasteiger partial charge is 0.497 e. The van der Waals surface area contributed by atoms with Gasteiger partial charge in [0.25, 0.3) is 0 Å². The Morgan fingerprint density at radius 1 is 1.12 bits per heavy atom. The highest BCUT2D eigenvalue weighted by Crippen LogP contribution is 2.48. The van der Waals surface area contributed by atoms with Gasteiger partial charge in [-0.05, 0) is 48.0 Å². The van der Waals surface area contributed by atoms with Gasteiger partial charge in [0.2, 0.25) is 0 Å². The second-order valence-corrected chi connectivity index (χ2v) is 8.16. The van der Waals surface area contributed by atoms with E-state index in [9.17, 15) is 9.90 Å². The van der Waals surface area contributed by atoms with Crippen LogP contribution in [0.1, 0.15) is 17.2 Å². The van der Waals surface area contributed by atoms with Crippen molar-refractivity contribution in [3.63, 3.8) is 0 Å².